The van der Waals surface area contributed by atoms with Gasteiger partial charge in [-0.2, -0.15) is 5.10 Å². The Balaban J connectivity index is 1.89. The zero-order valence-corrected chi connectivity index (χ0v) is 16.5. The number of benzene rings is 2. The van der Waals surface area contributed by atoms with Crippen LogP contribution < -0.4 is 0 Å². The van der Waals surface area contributed by atoms with E-state index in [1.165, 1.54) is 0 Å². The Bertz CT molecular complexity index is 967. The van der Waals surface area contributed by atoms with Crippen molar-refractivity contribution in [1.82, 2.24) is 15.1 Å². The first-order chi connectivity index (χ1) is 12.6. The van der Waals surface area contributed by atoms with Gasteiger partial charge in [-0.1, -0.05) is 58.7 Å². The SMILES string of the molecule is CCCN1C(=O)c2[nH]nc(-c3ccc(Cl)cc3)c2C1c1cccc(Br)c1. The van der Waals surface area contributed by atoms with Crippen molar-refractivity contribution in [2.75, 3.05) is 6.54 Å². The van der Waals surface area contributed by atoms with E-state index in [9.17, 15) is 4.79 Å². The number of rotatable bonds is 4. The summed E-state index contributed by atoms with van der Waals surface area (Å²) in [4.78, 5) is 14.9. The Labute approximate surface area is 165 Å². The Morgan fingerprint density at radius 3 is 2.69 bits per heavy atom. The van der Waals surface area contributed by atoms with Crippen molar-refractivity contribution in [3.8, 4) is 11.3 Å². The third-order valence-electron chi connectivity index (χ3n) is 4.61. The molecule has 26 heavy (non-hydrogen) atoms. The minimum absolute atomic E-state index is 0.000427. The first-order valence-electron chi connectivity index (χ1n) is 8.50. The van der Waals surface area contributed by atoms with Crippen molar-refractivity contribution in [2.45, 2.75) is 19.4 Å². The van der Waals surface area contributed by atoms with Crippen LogP contribution in [0.3, 0.4) is 0 Å². The summed E-state index contributed by atoms with van der Waals surface area (Å²) in [6.07, 6.45) is 0.893. The summed E-state index contributed by atoms with van der Waals surface area (Å²) in [5.41, 5.74) is 4.32. The molecule has 0 bridgehead atoms. The fraction of sp³-hybridized carbons (Fsp3) is 0.200. The maximum Gasteiger partial charge on any atom is 0.273 e. The molecule has 1 aliphatic heterocycles. The average molecular weight is 431 g/mol. The van der Waals surface area contributed by atoms with Crippen LogP contribution in [-0.2, 0) is 0 Å². The molecule has 4 nitrogen and oxygen atoms in total. The second kappa shape index (κ2) is 6.89. The van der Waals surface area contributed by atoms with E-state index >= 15 is 0 Å². The van der Waals surface area contributed by atoms with Gasteiger partial charge in [0.05, 0.1) is 11.7 Å². The summed E-state index contributed by atoms with van der Waals surface area (Å²) in [6, 6.07) is 15.5. The Hall–Kier alpha value is -2.11. The van der Waals surface area contributed by atoms with E-state index in [0.717, 1.165) is 33.3 Å². The van der Waals surface area contributed by atoms with Gasteiger partial charge in [0.1, 0.15) is 5.69 Å². The number of hydrogen-bond acceptors (Lipinski definition) is 2. The Kier molecular flexibility index (Phi) is 4.59. The lowest BCUT2D eigenvalue weighted by molar-refractivity contribution is 0.0744. The lowest BCUT2D eigenvalue weighted by Crippen LogP contribution is -2.30. The molecule has 0 fully saturated rings. The lowest BCUT2D eigenvalue weighted by atomic mass is 9.96. The van der Waals surface area contributed by atoms with E-state index in [1.807, 2.05) is 41.3 Å². The highest BCUT2D eigenvalue weighted by atomic mass is 79.9. The number of amides is 1. The lowest BCUT2D eigenvalue weighted by Gasteiger charge is -2.26. The molecule has 1 atom stereocenters. The molecule has 2 heterocycles. The van der Waals surface area contributed by atoms with Gasteiger partial charge in [0.15, 0.2) is 0 Å². The van der Waals surface area contributed by atoms with E-state index in [0.29, 0.717) is 17.3 Å². The maximum absolute atomic E-state index is 13.0. The quantitative estimate of drug-likeness (QED) is 0.598. The van der Waals surface area contributed by atoms with Crippen LogP contribution in [0.4, 0.5) is 0 Å². The van der Waals surface area contributed by atoms with Crippen LogP contribution >= 0.6 is 27.5 Å². The number of nitrogens with zero attached hydrogens (tertiary/aromatic N) is 2. The molecule has 0 aliphatic carbocycles. The highest BCUT2D eigenvalue weighted by Gasteiger charge is 2.41. The zero-order valence-electron chi connectivity index (χ0n) is 14.2. The number of H-pyrrole nitrogens is 1. The summed E-state index contributed by atoms with van der Waals surface area (Å²) >= 11 is 9.57. The molecule has 1 amide bonds. The number of halogens is 2. The molecular formula is C20H17BrClN3O. The van der Waals surface area contributed by atoms with E-state index < -0.39 is 0 Å². The third-order valence-corrected chi connectivity index (χ3v) is 5.36. The molecule has 0 spiro atoms. The summed E-state index contributed by atoms with van der Waals surface area (Å²) in [6.45, 7) is 2.77. The van der Waals surface area contributed by atoms with Gasteiger partial charge < -0.3 is 4.90 Å². The van der Waals surface area contributed by atoms with Crippen molar-refractivity contribution in [2.24, 2.45) is 0 Å². The molecule has 3 aromatic rings. The number of carbonyl (C=O) groups is 1. The van der Waals surface area contributed by atoms with E-state index in [1.54, 1.807) is 0 Å². The van der Waals surface area contributed by atoms with Gasteiger partial charge >= 0.3 is 0 Å². The molecule has 2 aromatic carbocycles. The molecule has 0 saturated heterocycles. The molecule has 4 rings (SSSR count). The summed E-state index contributed by atoms with van der Waals surface area (Å²) < 4.78 is 0.990. The van der Waals surface area contributed by atoms with Crippen molar-refractivity contribution in [3.63, 3.8) is 0 Å². The van der Waals surface area contributed by atoms with Gasteiger partial charge in [-0.15, -0.1) is 0 Å². The van der Waals surface area contributed by atoms with Crippen molar-refractivity contribution in [1.29, 1.82) is 0 Å². The topological polar surface area (TPSA) is 49.0 Å². The molecular weight excluding hydrogens is 414 g/mol. The van der Waals surface area contributed by atoms with Crippen molar-refractivity contribution < 1.29 is 4.79 Å². The van der Waals surface area contributed by atoms with Crippen molar-refractivity contribution in [3.05, 3.63) is 74.8 Å². The second-order valence-corrected chi connectivity index (χ2v) is 7.68. The van der Waals surface area contributed by atoms with Gasteiger partial charge in [0.25, 0.3) is 5.91 Å². The van der Waals surface area contributed by atoms with Gasteiger partial charge in [0, 0.05) is 27.2 Å². The van der Waals surface area contributed by atoms with Crippen molar-refractivity contribution >= 4 is 33.4 Å². The molecule has 1 aliphatic rings. The van der Waals surface area contributed by atoms with Crippen LogP contribution in [-0.4, -0.2) is 27.5 Å². The number of fused-ring (bicyclic) bond motifs is 1. The molecule has 1 unspecified atom stereocenters. The number of aromatic nitrogens is 2. The number of carbonyl (C=O) groups excluding carboxylic acids is 1. The molecule has 6 heteroatoms. The van der Waals surface area contributed by atoms with Gasteiger partial charge in [-0.25, -0.2) is 0 Å². The molecule has 1 aromatic heterocycles. The summed E-state index contributed by atoms with van der Waals surface area (Å²) in [7, 11) is 0. The molecule has 0 saturated carbocycles. The normalized spacial score (nSPS) is 16.2. The average Bonchev–Trinajstić information content (AvgIpc) is 3.16. The first-order valence-corrected chi connectivity index (χ1v) is 9.68. The number of nitrogens with one attached hydrogen (secondary N) is 1. The highest BCUT2D eigenvalue weighted by Crippen LogP contribution is 2.43. The maximum atomic E-state index is 13.0. The fourth-order valence-corrected chi connectivity index (χ4v) is 4.06. The molecule has 0 radical (unpaired) electrons. The fourth-order valence-electron chi connectivity index (χ4n) is 3.52. The highest BCUT2D eigenvalue weighted by molar-refractivity contribution is 9.10. The van der Waals surface area contributed by atoms with E-state index in [2.05, 4.69) is 45.2 Å². The second-order valence-electron chi connectivity index (χ2n) is 6.32. The van der Waals surface area contributed by atoms with Gasteiger partial charge in [-0.05, 0) is 36.2 Å². The number of hydrogen-bond donors (Lipinski definition) is 1. The van der Waals surface area contributed by atoms with Crippen LogP contribution in [0.15, 0.2) is 53.0 Å². The Morgan fingerprint density at radius 2 is 2.00 bits per heavy atom. The van der Waals surface area contributed by atoms with Gasteiger partial charge in [-0.3, -0.25) is 9.89 Å². The predicted octanol–water partition coefficient (Wildman–Crippen LogP) is 5.45. The smallest absolute Gasteiger partial charge is 0.273 e. The molecule has 1 N–H and O–H groups in total. The Morgan fingerprint density at radius 1 is 1.23 bits per heavy atom. The van der Waals surface area contributed by atoms with Crippen LogP contribution in [0.2, 0.25) is 5.02 Å². The van der Waals surface area contributed by atoms with E-state index in [-0.39, 0.29) is 11.9 Å². The van der Waals surface area contributed by atoms with Gasteiger partial charge in [0.2, 0.25) is 0 Å². The zero-order chi connectivity index (χ0) is 18.3. The van der Waals surface area contributed by atoms with Crippen LogP contribution in [0, 0.1) is 0 Å². The summed E-state index contributed by atoms with van der Waals surface area (Å²) in [5.74, 6) is -0.000427. The third kappa shape index (κ3) is 2.85. The summed E-state index contributed by atoms with van der Waals surface area (Å²) in [5, 5.41) is 8.09. The standard InChI is InChI=1S/C20H17BrClN3O/c1-2-10-25-19(13-4-3-5-14(21)11-13)16-17(23-24-18(16)20(25)26)12-6-8-15(22)9-7-12/h3-9,11,19H,2,10H2,1H3,(H,23,24). The minimum atomic E-state index is -0.153. The van der Waals surface area contributed by atoms with E-state index in [4.69, 9.17) is 11.6 Å². The van der Waals surface area contributed by atoms with Crippen LogP contribution in [0.25, 0.3) is 11.3 Å². The molecule has 132 valence electrons. The first kappa shape index (κ1) is 17.3. The minimum Gasteiger partial charge on any atom is -0.326 e. The monoisotopic (exact) mass is 429 g/mol. The van der Waals surface area contributed by atoms with Crippen LogP contribution in [0.1, 0.15) is 41.0 Å². The van der Waals surface area contributed by atoms with Crippen LogP contribution in [0.5, 0.6) is 0 Å². The predicted molar refractivity (Wildman–Crippen MR) is 106 cm³/mol. The largest absolute Gasteiger partial charge is 0.326 e. The number of aromatic amines is 1.